The average Bonchev–Trinajstić information content (AvgIpc) is 2.40. The number of para-hydroxylation sites is 1. The fraction of sp³-hybridized carbons (Fsp3) is 0.286. The van der Waals surface area contributed by atoms with Crippen LogP contribution in [0.4, 0.5) is 0 Å². The third-order valence-corrected chi connectivity index (χ3v) is 3.03. The minimum absolute atomic E-state index is 0.0735. The molecule has 0 unspecified atom stereocenters. The molecule has 2 rings (SSSR count). The zero-order valence-electron chi connectivity index (χ0n) is 10.4. The van der Waals surface area contributed by atoms with Crippen molar-refractivity contribution in [1.82, 2.24) is 10.3 Å². The number of aliphatic hydroxyl groups excluding tert-OH is 1. The molecule has 0 atom stereocenters. The molecule has 0 aliphatic carbocycles. The summed E-state index contributed by atoms with van der Waals surface area (Å²) in [4.78, 5) is 16.0. The summed E-state index contributed by atoms with van der Waals surface area (Å²) in [6.45, 7) is 0.549. The van der Waals surface area contributed by atoms with Crippen molar-refractivity contribution in [2.45, 2.75) is 12.8 Å². The third kappa shape index (κ3) is 3.66. The molecule has 0 saturated carbocycles. The maximum Gasteiger partial charge on any atom is 0.226 e. The lowest BCUT2D eigenvalue weighted by molar-refractivity contribution is -0.120. The predicted molar refractivity (Wildman–Crippen MR) is 75.2 cm³/mol. The summed E-state index contributed by atoms with van der Waals surface area (Å²) in [7, 11) is 0. The van der Waals surface area contributed by atoms with Crippen LogP contribution in [0.3, 0.4) is 0 Å². The molecular weight excluding hydrogens is 264 g/mol. The van der Waals surface area contributed by atoms with Gasteiger partial charge < -0.3 is 10.4 Å². The van der Waals surface area contributed by atoms with E-state index in [1.807, 2.05) is 24.3 Å². The van der Waals surface area contributed by atoms with Gasteiger partial charge in [-0.05, 0) is 18.6 Å². The highest BCUT2D eigenvalue weighted by Gasteiger charge is 2.06. The number of halogens is 1. The minimum Gasteiger partial charge on any atom is -0.396 e. The fourth-order valence-electron chi connectivity index (χ4n) is 1.78. The summed E-state index contributed by atoms with van der Waals surface area (Å²) in [5, 5.41) is 12.9. The monoisotopic (exact) mass is 278 g/mol. The highest BCUT2D eigenvalue weighted by molar-refractivity contribution is 6.35. The molecule has 100 valence electrons. The van der Waals surface area contributed by atoms with E-state index in [1.165, 1.54) is 0 Å². The number of pyridine rings is 1. The molecule has 19 heavy (non-hydrogen) atoms. The Balaban J connectivity index is 2.09. The van der Waals surface area contributed by atoms with Gasteiger partial charge in [-0.25, -0.2) is 0 Å². The van der Waals surface area contributed by atoms with Crippen LogP contribution >= 0.6 is 11.6 Å². The first-order chi connectivity index (χ1) is 9.20. The maximum atomic E-state index is 11.6. The number of hydrogen-bond donors (Lipinski definition) is 2. The molecule has 4 nitrogen and oxygen atoms in total. The summed E-state index contributed by atoms with van der Waals surface area (Å²) in [5.41, 5.74) is 1.40. The Labute approximate surface area is 116 Å². The van der Waals surface area contributed by atoms with Gasteiger partial charge in [0.15, 0.2) is 0 Å². The van der Waals surface area contributed by atoms with Gasteiger partial charge in [-0.3, -0.25) is 9.78 Å². The molecule has 2 aromatic rings. The number of amides is 1. The van der Waals surface area contributed by atoms with E-state index in [0.29, 0.717) is 29.2 Å². The third-order valence-electron chi connectivity index (χ3n) is 2.73. The van der Waals surface area contributed by atoms with Crippen molar-refractivity contribution in [3.8, 4) is 0 Å². The quantitative estimate of drug-likeness (QED) is 0.822. The van der Waals surface area contributed by atoms with E-state index in [2.05, 4.69) is 10.3 Å². The molecule has 1 aromatic carbocycles. The van der Waals surface area contributed by atoms with Crippen molar-refractivity contribution >= 4 is 28.4 Å². The Bertz CT molecular complexity index is 587. The van der Waals surface area contributed by atoms with Gasteiger partial charge >= 0.3 is 0 Å². The van der Waals surface area contributed by atoms with Gasteiger partial charge in [-0.2, -0.15) is 0 Å². The van der Waals surface area contributed by atoms with Crippen LogP contribution in [0, 0.1) is 0 Å². The number of carbonyl (C=O) groups is 1. The van der Waals surface area contributed by atoms with Crippen LogP contribution in [0.25, 0.3) is 10.9 Å². The van der Waals surface area contributed by atoms with Crippen LogP contribution < -0.4 is 5.32 Å². The lowest BCUT2D eigenvalue weighted by Gasteiger charge is -2.05. The van der Waals surface area contributed by atoms with Crippen LogP contribution in [0.1, 0.15) is 12.1 Å². The van der Waals surface area contributed by atoms with Gasteiger partial charge in [0.2, 0.25) is 5.91 Å². The summed E-state index contributed by atoms with van der Waals surface area (Å²) >= 11 is 6.08. The van der Waals surface area contributed by atoms with Crippen LogP contribution in [0.2, 0.25) is 5.02 Å². The molecular formula is C14H15ClN2O2. The van der Waals surface area contributed by atoms with E-state index < -0.39 is 0 Å². The van der Waals surface area contributed by atoms with Gasteiger partial charge in [-0.1, -0.05) is 29.8 Å². The molecule has 0 radical (unpaired) electrons. The van der Waals surface area contributed by atoms with E-state index in [1.54, 1.807) is 6.07 Å². The number of carbonyl (C=O) groups excluding carboxylic acids is 1. The second kappa shape index (κ2) is 6.50. The van der Waals surface area contributed by atoms with Crippen LogP contribution in [-0.2, 0) is 11.2 Å². The molecule has 0 aliphatic rings. The van der Waals surface area contributed by atoms with Gasteiger partial charge in [0.25, 0.3) is 0 Å². The Hall–Kier alpha value is -1.65. The van der Waals surface area contributed by atoms with E-state index in [4.69, 9.17) is 16.7 Å². The number of nitrogens with one attached hydrogen (secondary N) is 1. The summed E-state index contributed by atoms with van der Waals surface area (Å²) in [5.74, 6) is -0.104. The van der Waals surface area contributed by atoms with Crippen LogP contribution in [0.15, 0.2) is 30.3 Å². The average molecular weight is 279 g/mol. The van der Waals surface area contributed by atoms with Crippen molar-refractivity contribution in [2.24, 2.45) is 0 Å². The van der Waals surface area contributed by atoms with Crippen LogP contribution in [-0.4, -0.2) is 29.1 Å². The van der Waals surface area contributed by atoms with Crippen molar-refractivity contribution < 1.29 is 9.90 Å². The summed E-state index contributed by atoms with van der Waals surface area (Å²) < 4.78 is 0. The number of nitrogens with zero attached hydrogens (tertiary/aromatic N) is 1. The van der Waals surface area contributed by atoms with Crippen molar-refractivity contribution in [3.05, 3.63) is 41.0 Å². The molecule has 1 heterocycles. The Morgan fingerprint density at radius 1 is 1.32 bits per heavy atom. The van der Waals surface area contributed by atoms with Gasteiger partial charge in [0.05, 0.1) is 22.7 Å². The first-order valence-electron chi connectivity index (χ1n) is 6.12. The number of fused-ring (bicyclic) bond motifs is 1. The summed E-state index contributed by atoms with van der Waals surface area (Å²) in [6, 6.07) is 9.31. The lowest BCUT2D eigenvalue weighted by Crippen LogP contribution is -2.26. The first kappa shape index (κ1) is 13.8. The van der Waals surface area contributed by atoms with Crippen molar-refractivity contribution in [1.29, 1.82) is 0 Å². The Kier molecular flexibility index (Phi) is 4.71. The Morgan fingerprint density at radius 3 is 2.95 bits per heavy atom. The fourth-order valence-corrected chi connectivity index (χ4v) is 2.01. The number of rotatable bonds is 5. The maximum absolute atomic E-state index is 11.6. The predicted octanol–water partition coefficient (Wildman–Crippen LogP) is 1.93. The lowest BCUT2D eigenvalue weighted by atomic mass is 10.2. The topological polar surface area (TPSA) is 62.2 Å². The standard InChI is InChI=1S/C14H15ClN2O2/c15-12-4-1-3-10-5-6-11(17-14(10)12)9-13(19)16-7-2-8-18/h1,3-6,18H,2,7-9H2,(H,16,19). The van der Waals surface area contributed by atoms with Gasteiger partial charge in [-0.15, -0.1) is 0 Å². The first-order valence-corrected chi connectivity index (χ1v) is 6.50. The molecule has 5 heteroatoms. The van der Waals surface area contributed by atoms with Crippen LogP contribution in [0.5, 0.6) is 0 Å². The highest BCUT2D eigenvalue weighted by Crippen LogP contribution is 2.21. The van der Waals surface area contributed by atoms with E-state index in [-0.39, 0.29) is 18.9 Å². The molecule has 1 amide bonds. The smallest absolute Gasteiger partial charge is 0.226 e. The number of benzene rings is 1. The number of aliphatic hydroxyl groups is 1. The highest BCUT2D eigenvalue weighted by atomic mass is 35.5. The largest absolute Gasteiger partial charge is 0.396 e. The molecule has 0 aliphatic heterocycles. The molecule has 0 fully saturated rings. The second-order valence-corrected chi connectivity index (χ2v) is 4.63. The van der Waals surface area contributed by atoms with E-state index >= 15 is 0 Å². The Morgan fingerprint density at radius 2 is 2.16 bits per heavy atom. The molecule has 2 N–H and O–H groups in total. The molecule has 1 aromatic heterocycles. The number of hydrogen-bond acceptors (Lipinski definition) is 3. The van der Waals surface area contributed by atoms with Crippen molar-refractivity contribution in [2.75, 3.05) is 13.2 Å². The number of aromatic nitrogens is 1. The second-order valence-electron chi connectivity index (χ2n) is 4.22. The minimum atomic E-state index is -0.104. The van der Waals surface area contributed by atoms with E-state index in [0.717, 1.165) is 5.39 Å². The van der Waals surface area contributed by atoms with Gasteiger partial charge in [0, 0.05) is 18.5 Å². The van der Waals surface area contributed by atoms with Gasteiger partial charge in [0.1, 0.15) is 0 Å². The SMILES string of the molecule is O=C(Cc1ccc2cccc(Cl)c2n1)NCCCO. The molecule has 0 bridgehead atoms. The summed E-state index contributed by atoms with van der Waals surface area (Å²) in [6.07, 6.45) is 0.773. The zero-order valence-corrected chi connectivity index (χ0v) is 11.2. The normalized spacial score (nSPS) is 10.6. The molecule has 0 saturated heterocycles. The van der Waals surface area contributed by atoms with Crippen molar-refractivity contribution in [3.63, 3.8) is 0 Å². The molecule has 0 spiro atoms. The van der Waals surface area contributed by atoms with E-state index in [9.17, 15) is 4.79 Å². The zero-order chi connectivity index (χ0) is 13.7.